The standard InChI is InChI=1S/C15H11FN2O3S/c16-13-4-2-1-3-9(13)7-12-11-8-10(22(17,20)21)5-6-14(11)18-15(12)19/h1-8H,(H,18,19)(H2,17,20,21)/b12-7-. The van der Waals surface area contributed by atoms with Gasteiger partial charge < -0.3 is 5.32 Å². The zero-order valence-corrected chi connectivity index (χ0v) is 12.0. The molecule has 1 heterocycles. The molecule has 112 valence electrons. The van der Waals surface area contributed by atoms with Crippen molar-refractivity contribution < 1.29 is 17.6 Å². The predicted octanol–water partition coefficient (Wildman–Crippen LogP) is 1.97. The van der Waals surface area contributed by atoms with Gasteiger partial charge in [-0.05, 0) is 30.3 Å². The molecule has 0 saturated heterocycles. The van der Waals surface area contributed by atoms with Crippen LogP contribution in [0, 0.1) is 5.82 Å². The molecule has 0 aromatic heterocycles. The van der Waals surface area contributed by atoms with Crippen molar-refractivity contribution in [3.05, 3.63) is 59.4 Å². The van der Waals surface area contributed by atoms with Crippen molar-refractivity contribution in [3.63, 3.8) is 0 Å². The largest absolute Gasteiger partial charge is 0.321 e. The Balaban J connectivity index is 2.17. The fourth-order valence-corrected chi connectivity index (χ4v) is 2.77. The maximum Gasteiger partial charge on any atom is 0.256 e. The van der Waals surface area contributed by atoms with E-state index >= 15 is 0 Å². The van der Waals surface area contributed by atoms with Crippen molar-refractivity contribution in [1.82, 2.24) is 0 Å². The molecule has 5 nitrogen and oxygen atoms in total. The highest BCUT2D eigenvalue weighted by atomic mass is 32.2. The molecule has 2 aromatic carbocycles. The minimum atomic E-state index is -3.89. The van der Waals surface area contributed by atoms with E-state index in [9.17, 15) is 17.6 Å². The van der Waals surface area contributed by atoms with Crippen molar-refractivity contribution in [1.29, 1.82) is 0 Å². The first kappa shape index (κ1) is 14.4. The van der Waals surface area contributed by atoms with E-state index < -0.39 is 21.7 Å². The molecular weight excluding hydrogens is 307 g/mol. The van der Waals surface area contributed by atoms with Crippen molar-refractivity contribution in [2.45, 2.75) is 4.90 Å². The second-order valence-corrected chi connectivity index (χ2v) is 6.35. The van der Waals surface area contributed by atoms with E-state index in [4.69, 9.17) is 5.14 Å². The first-order valence-electron chi connectivity index (χ1n) is 6.31. The third kappa shape index (κ3) is 2.51. The number of benzene rings is 2. The number of amides is 1. The van der Waals surface area contributed by atoms with Crippen LogP contribution in [0.3, 0.4) is 0 Å². The molecule has 7 heteroatoms. The molecule has 1 aliphatic rings. The number of nitrogens with two attached hydrogens (primary N) is 1. The summed E-state index contributed by atoms with van der Waals surface area (Å²) in [5.74, 6) is -0.899. The van der Waals surface area contributed by atoms with Crippen LogP contribution in [0.4, 0.5) is 10.1 Å². The Morgan fingerprint density at radius 1 is 1.14 bits per heavy atom. The van der Waals surface area contributed by atoms with Crippen LogP contribution >= 0.6 is 0 Å². The number of nitrogens with one attached hydrogen (secondary N) is 1. The smallest absolute Gasteiger partial charge is 0.256 e. The van der Waals surface area contributed by atoms with Crippen LogP contribution in [0.25, 0.3) is 11.6 Å². The molecule has 3 rings (SSSR count). The van der Waals surface area contributed by atoms with Gasteiger partial charge in [-0.25, -0.2) is 17.9 Å². The van der Waals surface area contributed by atoms with Crippen LogP contribution < -0.4 is 10.5 Å². The second-order valence-electron chi connectivity index (χ2n) is 4.79. The summed E-state index contributed by atoms with van der Waals surface area (Å²) in [6, 6.07) is 10.0. The van der Waals surface area contributed by atoms with Gasteiger partial charge in [0.1, 0.15) is 5.82 Å². The molecule has 0 saturated carbocycles. The van der Waals surface area contributed by atoms with E-state index in [0.29, 0.717) is 11.3 Å². The molecule has 1 aliphatic heterocycles. The van der Waals surface area contributed by atoms with Crippen molar-refractivity contribution in [3.8, 4) is 0 Å². The predicted molar refractivity (Wildman–Crippen MR) is 80.7 cm³/mol. The molecule has 2 aromatic rings. The average Bonchev–Trinajstić information content (AvgIpc) is 2.76. The number of primary sulfonamides is 1. The summed E-state index contributed by atoms with van der Waals surface area (Å²) >= 11 is 0. The van der Waals surface area contributed by atoms with E-state index in [1.165, 1.54) is 36.4 Å². The fraction of sp³-hybridized carbons (Fsp3) is 0. The number of fused-ring (bicyclic) bond motifs is 1. The van der Waals surface area contributed by atoms with Crippen molar-refractivity contribution in [2.75, 3.05) is 5.32 Å². The van der Waals surface area contributed by atoms with Gasteiger partial charge in [0.2, 0.25) is 10.0 Å². The van der Waals surface area contributed by atoms with Gasteiger partial charge in [0.05, 0.1) is 4.90 Å². The molecule has 0 atom stereocenters. The number of halogens is 1. The summed E-state index contributed by atoms with van der Waals surface area (Å²) in [4.78, 5) is 11.9. The van der Waals surface area contributed by atoms with E-state index in [-0.39, 0.29) is 16.0 Å². The minimum absolute atomic E-state index is 0.109. The summed E-state index contributed by atoms with van der Waals surface area (Å²) in [6.07, 6.45) is 1.38. The molecule has 0 bridgehead atoms. The van der Waals surface area contributed by atoms with E-state index in [1.807, 2.05) is 0 Å². The fourth-order valence-electron chi connectivity index (χ4n) is 2.24. The number of sulfonamides is 1. The monoisotopic (exact) mass is 318 g/mol. The highest BCUT2D eigenvalue weighted by Crippen LogP contribution is 2.34. The highest BCUT2D eigenvalue weighted by molar-refractivity contribution is 7.89. The zero-order chi connectivity index (χ0) is 15.9. The van der Waals surface area contributed by atoms with Gasteiger partial charge in [-0.2, -0.15) is 0 Å². The Kier molecular flexibility index (Phi) is 3.31. The lowest BCUT2D eigenvalue weighted by Gasteiger charge is -2.03. The molecule has 3 N–H and O–H groups in total. The van der Waals surface area contributed by atoms with E-state index in [1.54, 1.807) is 12.1 Å². The van der Waals surface area contributed by atoms with Gasteiger partial charge in [0, 0.05) is 22.4 Å². The number of carbonyl (C=O) groups excluding carboxylic acids is 1. The summed E-state index contributed by atoms with van der Waals surface area (Å²) < 4.78 is 36.6. The Hall–Kier alpha value is -2.51. The van der Waals surface area contributed by atoms with Gasteiger partial charge in [-0.15, -0.1) is 0 Å². The Bertz CT molecular complexity index is 920. The zero-order valence-electron chi connectivity index (χ0n) is 11.2. The Morgan fingerprint density at radius 3 is 2.55 bits per heavy atom. The van der Waals surface area contributed by atoms with Gasteiger partial charge >= 0.3 is 0 Å². The molecule has 0 aliphatic carbocycles. The average molecular weight is 318 g/mol. The van der Waals surface area contributed by atoms with Crippen molar-refractivity contribution in [2.24, 2.45) is 5.14 Å². The van der Waals surface area contributed by atoms with Gasteiger partial charge in [-0.3, -0.25) is 4.79 Å². The number of hydrogen-bond donors (Lipinski definition) is 2. The third-order valence-corrected chi connectivity index (χ3v) is 4.22. The molecule has 22 heavy (non-hydrogen) atoms. The summed E-state index contributed by atoms with van der Waals surface area (Å²) in [6.45, 7) is 0. The second kappa shape index (κ2) is 5.04. The van der Waals surface area contributed by atoms with Crippen LogP contribution in [-0.2, 0) is 14.8 Å². The maximum absolute atomic E-state index is 13.7. The molecule has 0 unspecified atom stereocenters. The Labute approximate surface area is 126 Å². The maximum atomic E-state index is 13.7. The molecule has 0 radical (unpaired) electrons. The summed E-state index contributed by atoms with van der Waals surface area (Å²) in [5.41, 5.74) is 1.26. The Morgan fingerprint density at radius 2 is 1.86 bits per heavy atom. The van der Waals surface area contributed by atoms with Crippen LogP contribution in [0.5, 0.6) is 0 Å². The highest BCUT2D eigenvalue weighted by Gasteiger charge is 2.26. The topological polar surface area (TPSA) is 89.3 Å². The number of rotatable bonds is 2. The minimum Gasteiger partial charge on any atom is -0.321 e. The molecular formula is C15H11FN2O3S. The van der Waals surface area contributed by atoms with Gasteiger partial charge in [0.15, 0.2) is 0 Å². The van der Waals surface area contributed by atoms with Gasteiger partial charge in [-0.1, -0.05) is 18.2 Å². The number of hydrogen-bond acceptors (Lipinski definition) is 3. The van der Waals surface area contributed by atoms with Gasteiger partial charge in [0.25, 0.3) is 5.91 Å². The number of carbonyl (C=O) groups is 1. The van der Waals surface area contributed by atoms with E-state index in [0.717, 1.165) is 0 Å². The lowest BCUT2D eigenvalue weighted by atomic mass is 10.0. The molecule has 0 fully saturated rings. The first-order chi connectivity index (χ1) is 10.4. The van der Waals surface area contributed by atoms with Crippen LogP contribution in [0.2, 0.25) is 0 Å². The van der Waals surface area contributed by atoms with Crippen LogP contribution in [0.15, 0.2) is 47.4 Å². The molecule has 0 spiro atoms. The quantitative estimate of drug-likeness (QED) is 0.830. The molecule has 1 amide bonds. The lowest BCUT2D eigenvalue weighted by Crippen LogP contribution is -2.12. The van der Waals surface area contributed by atoms with E-state index in [2.05, 4.69) is 5.32 Å². The third-order valence-electron chi connectivity index (χ3n) is 3.31. The van der Waals surface area contributed by atoms with Crippen molar-refractivity contribution >= 4 is 33.3 Å². The first-order valence-corrected chi connectivity index (χ1v) is 7.86. The summed E-state index contributed by atoms with van der Waals surface area (Å²) in [5, 5.41) is 7.70. The SMILES string of the molecule is NS(=O)(=O)c1ccc2c(c1)/C(=C/c1ccccc1F)C(=O)N2. The lowest BCUT2D eigenvalue weighted by molar-refractivity contribution is -0.110. The van der Waals surface area contributed by atoms with Crippen LogP contribution in [0.1, 0.15) is 11.1 Å². The summed E-state index contributed by atoms with van der Waals surface area (Å²) in [7, 11) is -3.89. The van der Waals surface area contributed by atoms with Crippen LogP contribution in [-0.4, -0.2) is 14.3 Å². The number of anilines is 1. The normalized spacial score (nSPS) is 15.7.